The van der Waals surface area contributed by atoms with E-state index < -0.39 is 0 Å². The van der Waals surface area contributed by atoms with Gasteiger partial charge in [-0.25, -0.2) is 0 Å². The fourth-order valence-corrected chi connectivity index (χ4v) is 0.937. The van der Waals surface area contributed by atoms with Crippen LogP contribution in [-0.4, -0.2) is 12.1 Å². The maximum absolute atomic E-state index is 5.71. The van der Waals surface area contributed by atoms with Gasteiger partial charge in [0.05, 0.1) is 13.2 Å². The summed E-state index contributed by atoms with van der Waals surface area (Å²) in [6, 6.07) is 3.37. The second kappa shape index (κ2) is 3.88. The topological polar surface area (TPSA) is 48.1 Å². The lowest BCUT2D eigenvalue weighted by atomic mass is 10.2. The molecule has 12 heavy (non-hydrogen) atoms. The van der Waals surface area contributed by atoms with Gasteiger partial charge >= 0.3 is 0 Å². The second-order valence-corrected chi connectivity index (χ2v) is 2.35. The lowest BCUT2D eigenvalue weighted by molar-refractivity contribution is 0.405. The minimum Gasteiger partial charge on any atom is -0.495 e. The van der Waals surface area contributed by atoms with E-state index in [-0.39, 0.29) is 6.04 Å². The highest BCUT2D eigenvalue weighted by atomic mass is 16.5. The van der Waals surface area contributed by atoms with Crippen LogP contribution < -0.4 is 10.5 Å². The maximum atomic E-state index is 5.71. The van der Waals surface area contributed by atoms with Gasteiger partial charge in [0.2, 0.25) is 0 Å². The van der Waals surface area contributed by atoms with Crippen LogP contribution >= 0.6 is 0 Å². The Balaban J connectivity index is 3.04. The van der Waals surface area contributed by atoms with E-state index in [9.17, 15) is 0 Å². The summed E-state index contributed by atoms with van der Waals surface area (Å²) in [5.74, 6) is 0.699. The van der Waals surface area contributed by atoms with Crippen molar-refractivity contribution in [1.82, 2.24) is 4.98 Å². The van der Waals surface area contributed by atoms with Crippen LogP contribution in [-0.2, 0) is 0 Å². The molecule has 0 aliphatic heterocycles. The van der Waals surface area contributed by atoms with Crippen molar-refractivity contribution in [3.05, 3.63) is 36.7 Å². The Bertz CT molecular complexity index is 273. The first-order valence-electron chi connectivity index (χ1n) is 3.66. The predicted molar refractivity (Wildman–Crippen MR) is 47.9 cm³/mol. The van der Waals surface area contributed by atoms with Crippen LogP contribution in [0.3, 0.4) is 0 Å². The molecular weight excluding hydrogens is 152 g/mol. The van der Waals surface area contributed by atoms with Gasteiger partial charge in [-0.1, -0.05) is 6.08 Å². The lowest BCUT2D eigenvalue weighted by Gasteiger charge is -2.09. The summed E-state index contributed by atoms with van der Waals surface area (Å²) in [7, 11) is 1.59. The number of aromatic nitrogens is 1. The summed E-state index contributed by atoms with van der Waals surface area (Å²) in [5, 5.41) is 0. The third-order valence-corrected chi connectivity index (χ3v) is 1.59. The monoisotopic (exact) mass is 164 g/mol. The molecule has 1 heterocycles. The minimum absolute atomic E-state index is 0.263. The van der Waals surface area contributed by atoms with Gasteiger partial charge in [-0.15, -0.1) is 6.58 Å². The number of hydrogen-bond acceptors (Lipinski definition) is 3. The van der Waals surface area contributed by atoms with Gasteiger partial charge in [0.25, 0.3) is 0 Å². The highest BCUT2D eigenvalue weighted by Gasteiger charge is 2.08. The predicted octanol–water partition coefficient (Wildman–Crippen LogP) is 1.28. The molecule has 0 saturated heterocycles. The van der Waals surface area contributed by atoms with Crippen LogP contribution in [0.5, 0.6) is 5.75 Å². The highest BCUT2D eigenvalue weighted by Crippen LogP contribution is 2.20. The van der Waals surface area contributed by atoms with Gasteiger partial charge in [0.15, 0.2) is 0 Å². The molecule has 1 aromatic rings. The number of rotatable bonds is 3. The first kappa shape index (κ1) is 8.74. The third kappa shape index (κ3) is 1.62. The molecule has 3 heteroatoms. The van der Waals surface area contributed by atoms with E-state index in [0.717, 1.165) is 5.69 Å². The summed E-state index contributed by atoms with van der Waals surface area (Å²) in [5.41, 5.74) is 6.43. The van der Waals surface area contributed by atoms with Gasteiger partial charge in [-0.05, 0) is 12.1 Å². The van der Waals surface area contributed by atoms with Crippen molar-refractivity contribution in [1.29, 1.82) is 0 Å². The summed E-state index contributed by atoms with van der Waals surface area (Å²) in [6.45, 7) is 3.59. The van der Waals surface area contributed by atoms with Crippen LogP contribution in [0.2, 0.25) is 0 Å². The quantitative estimate of drug-likeness (QED) is 0.684. The molecule has 3 nitrogen and oxygen atoms in total. The molecule has 0 aromatic carbocycles. The molecule has 0 bridgehead atoms. The largest absolute Gasteiger partial charge is 0.495 e. The van der Waals surface area contributed by atoms with Gasteiger partial charge in [0.1, 0.15) is 11.4 Å². The number of hydrogen-bond donors (Lipinski definition) is 1. The van der Waals surface area contributed by atoms with E-state index in [4.69, 9.17) is 10.5 Å². The van der Waals surface area contributed by atoms with E-state index in [2.05, 4.69) is 11.6 Å². The normalized spacial score (nSPS) is 12.2. The molecule has 0 radical (unpaired) electrons. The van der Waals surface area contributed by atoms with Gasteiger partial charge in [-0.3, -0.25) is 4.98 Å². The molecule has 0 aliphatic rings. The van der Waals surface area contributed by atoms with Crippen molar-refractivity contribution in [2.75, 3.05) is 7.11 Å². The Morgan fingerprint density at radius 3 is 3.08 bits per heavy atom. The minimum atomic E-state index is -0.263. The molecular formula is C9H12N2O. The van der Waals surface area contributed by atoms with Crippen molar-refractivity contribution in [3.8, 4) is 5.75 Å². The van der Waals surface area contributed by atoms with Crippen molar-refractivity contribution >= 4 is 0 Å². The Labute approximate surface area is 71.9 Å². The summed E-state index contributed by atoms with van der Waals surface area (Å²) in [4.78, 5) is 4.10. The van der Waals surface area contributed by atoms with Crippen LogP contribution in [0.1, 0.15) is 11.7 Å². The molecule has 0 spiro atoms. The van der Waals surface area contributed by atoms with E-state index >= 15 is 0 Å². The third-order valence-electron chi connectivity index (χ3n) is 1.59. The van der Waals surface area contributed by atoms with E-state index in [1.807, 2.05) is 6.07 Å². The Morgan fingerprint density at radius 2 is 2.50 bits per heavy atom. The average Bonchev–Trinajstić information content (AvgIpc) is 2.16. The van der Waals surface area contributed by atoms with Crippen LogP contribution in [0.25, 0.3) is 0 Å². The Morgan fingerprint density at radius 1 is 1.75 bits per heavy atom. The molecule has 1 atom stereocenters. The molecule has 64 valence electrons. The van der Waals surface area contributed by atoms with Gasteiger partial charge < -0.3 is 10.5 Å². The van der Waals surface area contributed by atoms with Crippen molar-refractivity contribution in [2.45, 2.75) is 6.04 Å². The second-order valence-electron chi connectivity index (χ2n) is 2.35. The maximum Gasteiger partial charge on any atom is 0.142 e. The molecule has 1 aromatic heterocycles. The zero-order valence-electron chi connectivity index (χ0n) is 7.03. The number of ether oxygens (including phenoxy) is 1. The average molecular weight is 164 g/mol. The standard InChI is InChI=1S/C9H12N2O/c1-3-7(10)9-8(12-2)5-4-6-11-9/h3-7H,1,10H2,2H3/t7-/m1/s1. The first-order chi connectivity index (χ1) is 5.79. The fourth-order valence-electron chi connectivity index (χ4n) is 0.937. The van der Waals surface area contributed by atoms with Crippen LogP contribution in [0.4, 0.5) is 0 Å². The highest BCUT2D eigenvalue weighted by molar-refractivity contribution is 5.31. The summed E-state index contributed by atoms with van der Waals surface area (Å²) < 4.78 is 5.08. The SMILES string of the molecule is C=C[C@@H](N)c1ncccc1OC. The number of pyridine rings is 1. The summed E-state index contributed by atoms with van der Waals surface area (Å²) >= 11 is 0. The molecule has 0 aliphatic carbocycles. The van der Waals surface area contributed by atoms with Gasteiger partial charge in [-0.2, -0.15) is 0 Å². The number of nitrogens with two attached hydrogens (primary N) is 1. The lowest BCUT2D eigenvalue weighted by Crippen LogP contribution is -2.10. The zero-order valence-corrected chi connectivity index (χ0v) is 7.03. The Kier molecular flexibility index (Phi) is 2.82. The van der Waals surface area contributed by atoms with Gasteiger partial charge in [0, 0.05) is 6.20 Å². The van der Waals surface area contributed by atoms with Crippen molar-refractivity contribution in [3.63, 3.8) is 0 Å². The molecule has 0 amide bonds. The molecule has 0 fully saturated rings. The van der Waals surface area contributed by atoms with E-state index in [1.54, 1.807) is 25.4 Å². The van der Waals surface area contributed by atoms with Crippen LogP contribution in [0, 0.1) is 0 Å². The smallest absolute Gasteiger partial charge is 0.142 e. The molecule has 1 rings (SSSR count). The van der Waals surface area contributed by atoms with E-state index in [1.165, 1.54) is 0 Å². The molecule has 0 unspecified atom stereocenters. The number of methoxy groups -OCH3 is 1. The first-order valence-corrected chi connectivity index (χ1v) is 3.66. The Hall–Kier alpha value is -1.35. The van der Waals surface area contributed by atoms with Crippen molar-refractivity contribution in [2.24, 2.45) is 5.73 Å². The zero-order chi connectivity index (χ0) is 8.97. The molecule has 2 N–H and O–H groups in total. The summed E-state index contributed by atoms with van der Waals surface area (Å²) in [6.07, 6.45) is 3.31. The van der Waals surface area contributed by atoms with Crippen LogP contribution in [0.15, 0.2) is 31.0 Å². The van der Waals surface area contributed by atoms with E-state index in [0.29, 0.717) is 5.75 Å². The fraction of sp³-hybridized carbons (Fsp3) is 0.222. The number of nitrogens with zero attached hydrogens (tertiary/aromatic N) is 1. The molecule has 0 saturated carbocycles. The van der Waals surface area contributed by atoms with Crippen molar-refractivity contribution < 1.29 is 4.74 Å².